The van der Waals surface area contributed by atoms with E-state index in [1.807, 2.05) is 35.2 Å². The monoisotopic (exact) mass is 325 g/mol. The molecule has 0 bridgehead atoms. The van der Waals surface area contributed by atoms with Crippen LogP contribution in [0.25, 0.3) is 0 Å². The lowest BCUT2D eigenvalue weighted by atomic mass is 10.0. The third kappa shape index (κ3) is 6.23. The van der Waals surface area contributed by atoms with Crippen LogP contribution in [0.2, 0.25) is 0 Å². The largest absolute Gasteiger partial charge is 0.369 e. The van der Waals surface area contributed by atoms with Crippen molar-refractivity contribution in [1.82, 2.24) is 10.2 Å². The van der Waals surface area contributed by atoms with Crippen LogP contribution >= 0.6 is 0 Å². The van der Waals surface area contributed by atoms with Gasteiger partial charge in [-0.15, -0.1) is 0 Å². The molecule has 0 unspecified atom stereocenters. The van der Waals surface area contributed by atoms with Crippen molar-refractivity contribution in [3.63, 3.8) is 0 Å². The van der Waals surface area contributed by atoms with Crippen LogP contribution in [0.15, 0.2) is 30.3 Å². The van der Waals surface area contributed by atoms with Crippen LogP contribution in [0.4, 0.5) is 8.78 Å². The number of hydrogen-bond donors (Lipinski definition) is 2. The van der Waals surface area contributed by atoms with Crippen LogP contribution in [0.1, 0.15) is 24.8 Å². The average molecular weight is 325 g/mol. The standard InChI is InChI=1S/C17H25F2N3O/c18-17(19)15(7-6-13-4-2-1-3-5-13)21-14-8-10-22(11-9-14)12-16(20)23/h1-5,14-15,17,21H,6-12H2,(H2,20,23)/t15-/m1/s1. The van der Waals surface area contributed by atoms with Crippen LogP contribution in [0.5, 0.6) is 0 Å². The van der Waals surface area contributed by atoms with Crippen LogP contribution in [-0.4, -0.2) is 49.0 Å². The fourth-order valence-corrected chi connectivity index (χ4v) is 3.03. The van der Waals surface area contributed by atoms with Crippen LogP contribution in [-0.2, 0) is 11.2 Å². The molecular formula is C17H25F2N3O. The number of likely N-dealkylation sites (tertiary alicyclic amines) is 1. The molecule has 23 heavy (non-hydrogen) atoms. The number of nitrogens with one attached hydrogen (secondary N) is 1. The first-order valence-electron chi connectivity index (χ1n) is 8.13. The molecule has 6 heteroatoms. The Labute approximate surface area is 136 Å². The zero-order chi connectivity index (χ0) is 16.7. The summed E-state index contributed by atoms with van der Waals surface area (Å²) in [6, 6.07) is 8.99. The summed E-state index contributed by atoms with van der Waals surface area (Å²) in [5, 5.41) is 3.11. The van der Waals surface area contributed by atoms with Gasteiger partial charge in [0, 0.05) is 19.1 Å². The lowest BCUT2D eigenvalue weighted by molar-refractivity contribution is -0.119. The summed E-state index contributed by atoms with van der Waals surface area (Å²) in [5.74, 6) is -0.343. The first-order chi connectivity index (χ1) is 11.0. The highest BCUT2D eigenvalue weighted by molar-refractivity contribution is 5.75. The van der Waals surface area contributed by atoms with Gasteiger partial charge in [-0.3, -0.25) is 9.69 Å². The number of alkyl halides is 2. The highest BCUT2D eigenvalue weighted by Gasteiger charge is 2.26. The number of amides is 1. The Kier molecular flexibility index (Phi) is 6.92. The summed E-state index contributed by atoms with van der Waals surface area (Å²) in [5.41, 5.74) is 6.26. The first kappa shape index (κ1) is 17.8. The molecule has 1 amide bonds. The topological polar surface area (TPSA) is 58.4 Å². The number of halogens is 2. The van der Waals surface area contributed by atoms with Crippen molar-refractivity contribution in [1.29, 1.82) is 0 Å². The quantitative estimate of drug-likeness (QED) is 0.766. The highest BCUT2D eigenvalue weighted by Crippen LogP contribution is 2.16. The number of nitrogens with zero attached hydrogens (tertiary/aromatic N) is 1. The molecule has 0 radical (unpaired) electrons. The zero-order valence-corrected chi connectivity index (χ0v) is 13.3. The molecule has 1 saturated heterocycles. The van der Waals surface area contributed by atoms with E-state index in [1.165, 1.54) is 0 Å². The van der Waals surface area contributed by atoms with Crippen molar-refractivity contribution >= 4 is 5.91 Å². The molecule has 1 aromatic carbocycles. The molecule has 1 atom stereocenters. The summed E-state index contributed by atoms with van der Waals surface area (Å²) in [7, 11) is 0. The van der Waals surface area contributed by atoms with Crippen molar-refractivity contribution in [3.05, 3.63) is 35.9 Å². The Morgan fingerprint density at radius 2 is 1.91 bits per heavy atom. The molecule has 128 valence electrons. The van der Waals surface area contributed by atoms with Crippen LogP contribution in [0, 0.1) is 0 Å². The molecule has 1 fully saturated rings. The molecule has 3 N–H and O–H groups in total. The lowest BCUT2D eigenvalue weighted by Crippen LogP contribution is -2.49. The van der Waals surface area contributed by atoms with E-state index >= 15 is 0 Å². The smallest absolute Gasteiger partial charge is 0.253 e. The van der Waals surface area contributed by atoms with E-state index in [1.54, 1.807) is 0 Å². The Bertz CT molecular complexity index is 476. The summed E-state index contributed by atoms with van der Waals surface area (Å²) < 4.78 is 26.5. The summed E-state index contributed by atoms with van der Waals surface area (Å²) in [6.07, 6.45) is 0.221. The molecule has 2 rings (SSSR count). The predicted molar refractivity (Wildman–Crippen MR) is 86.3 cm³/mol. The van der Waals surface area contributed by atoms with Gasteiger partial charge < -0.3 is 11.1 Å². The van der Waals surface area contributed by atoms with Crippen molar-refractivity contribution in [2.45, 2.75) is 44.2 Å². The molecule has 0 aromatic heterocycles. The van der Waals surface area contributed by atoms with Gasteiger partial charge in [-0.05, 0) is 31.2 Å². The van der Waals surface area contributed by atoms with Gasteiger partial charge in [0.05, 0.1) is 12.6 Å². The Hall–Kier alpha value is -1.53. The van der Waals surface area contributed by atoms with E-state index in [0.717, 1.165) is 31.5 Å². The minimum absolute atomic E-state index is 0.0777. The molecule has 1 aliphatic heterocycles. The van der Waals surface area contributed by atoms with E-state index in [2.05, 4.69) is 5.32 Å². The molecule has 0 saturated carbocycles. The summed E-state index contributed by atoms with van der Waals surface area (Å²) >= 11 is 0. The van der Waals surface area contributed by atoms with Gasteiger partial charge in [0.2, 0.25) is 5.91 Å². The summed E-state index contributed by atoms with van der Waals surface area (Å²) in [6.45, 7) is 1.68. The van der Waals surface area contributed by atoms with Crippen molar-refractivity contribution < 1.29 is 13.6 Å². The van der Waals surface area contributed by atoms with Crippen LogP contribution < -0.4 is 11.1 Å². The fraction of sp³-hybridized carbons (Fsp3) is 0.588. The maximum absolute atomic E-state index is 13.3. The number of hydrogen-bond acceptors (Lipinski definition) is 3. The zero-order valence-electron chi connectivity index (χ0n) is 13.3. The van der Waals surface area contributed by atoms with Gasteiger partial charge in [-0.2, -0.15) is 0 Å². The second-order valence-electron chi connectivity index (χ2n) is 6.15. The molecule has 1 aromatic rings. The molecule has 1 aliphatic rings. The van der Waals surface area contributed by atoms with Crippen molar-refractivity contribution in [2.75, 3.05) is 19.6 Å². The third-order valence-electron chi connectivity index (χ3n) is 4.31. The highest BCUT2D eigenvalue weighted by atomic mass is 19.3. The summed E-state index contributed by atoms with van der Waals surface area (Å²) in [4.78, 5) is 12.9. The molecule has 0 aliphatic carbocycles. The second kappa shape index (κ2) is 8.93. The van der Waals surface area contributed by atoms with E-state index < -0.39 is 12.5 Å². The predicted octanol–water partition coefficient (Wildman–Crippen LogP) is 1.79. The van der Waals surface area contributed by atoms with E-state index in [4.69, 9.17) is 5.73 Å². The maximum atomic E-state index is 13.3. The number of rotatable bonds is 8. The Balaban J connectivity index is 1.77. The number of piperidine rings is 1. The molecule has 0 spiro atoms. The third-order valence-corrected chi connectivity index (χ3v) is 4.31. The Morgan fingerprint density at radius 3 is 2.48 bits per heavy atom. The molecule has 1 heterocycles. The number of carbonyl (C=O) groups is 1. The molecule has 4 nitrogen and oxygen atoms in total. The first-order valence-corrected chi connectivity index (χ1v) is 8.13. The minimum Gasteiger partial charge on any atom is -0.369 e. The lowest BCUT2D eigenvalue weighted by Gasteiger charge is -2.33. The minimum atomic E-state index is -2.37. The van der Waals surface area contributed by atoms with Gasteiger partial charge in [-0.25, -0.2) is 8.78 Å². The second-order valence-corrected chi connectivity index (χ2v) is 6.15. The van der Waals surface area contributed by atoms with Gasteiger partial charge in [0.25, 0.3) is 6.43 Å². The number of nitrogens with two attached hydrogens (primary N) is 1. The number of benzene rings is 1. The molecular weight excluding hydrogens is 300 g/mol. The van der Waals surface area contributed by atoms with Gasteiger partial charge in [0.15, 0.2) is 0 Å². The van der Waals surface area contributed by atoms with E-state index in [9.17, 15) is 13.6 Å². The SMILES string of the molecule is NC(=O)CN1CCC(N[C@H](CCc2ccccc2)C(F)F)CC1. The maximum Gasteiger partial charge on any atom is 0.253 e. The van der Waals surface area contributed by atoms with E-state index in [-0.39, 0.29) is 18.5 Å². The number of aryl methyl sites for hydroxylation is 1. The normalized spacial score (nSPS) is 18.2. The fourth-order valence-electron chi connectivity index (χ4n) is 3.03. The average Bonchev–Trinajstić information content (AvgIpc) is 2.53. The van der Waals surface area contributed by atoms with Crippen molar-refractivity contribution in [3.8, 4) is 0 Å². The Morgan fingerprint density at radius 1 is 1.26 bits per heavy atom. The van der Waals surface area contributed by atoms with Gasteiger partial charge in [0.1, 0.15) is 0 Å². The van der Waals surface area contributed by atoms with Crippen LogP contribution in [0.3, 0.4) is 0 Å². The number of primary amides is 1. The van der Waals surface area contributed by atoms with Crippen molar-refractivity contribution in [2.24, 2.45) is 5.73 Å². The van der Waals surface area contributed by atoms with E-state index in [0.29, 0.717) is 12.8 Å². The van der Waals surface area contributed by atoms with Gasteiger partial charge >= 0.3 is 0 Å². The number of carbonyl (C=O) groups excluding carboxylic acids is 1. The van der Waals surface area contributed by atoms with Gasteiger partial charge in [-0.1, -0.05) is 30.3 Å².